The minimum absolute atomic E-state index is 0.0812. The van der Waals surface area contributed by atoms with E-state index < -0.39 is 0 Å². The van der Waals surface area contributed by atoms with Crippen molar-refractivity contribution in [3.05, 3.63) is 23.3 Å². The van der Waals surface area contributed by atoms with Gasteiger partial charge in [-0.1, -0.05) is 6.07 Å². The van der Waals surface area contributed by atoms with E-state index in [1.807, 2.05) is 6.92 Å². The Morgan fingerprint density at radius 3 is 2.88 bits per heavy atom. The smallest absolute Gasteiger partial charge is 0.226 e. The number of carbonyl (C=O) groups excluding carboxylic acids is 1. The second kappa shape index (κ2) is 4.75. The molecule has 0 aliphatic carbocycles. The van der Waals surface area contributed by atoms with Gasteiger partial charge in [0.15, 0.2) is 0 Å². The van der Waals surface area contributed by atoms with Gasteiger partial charge in [-0.2, -0.15) is 0 Å². The zero-order chi connectivity index (χ0) is 12.4. The standard InChI is InChI=1S/C13H19N3O/c1-9-7-10(2)13-11(8-9)16(6-4-14)5-3-12(17)15-13/h7-8H,3-6,14H2,1-2H3,(H,15,17). The lowest BCUT2D eigenvalue weighted by Crippen LogP contribution is -2.30. The van der Waals surface area contributed by atoms with E-state index in [1.165, 1.54) is 5.56 Å². The first kappa shape index (κ1) is 11.9. The van der Waals surface area contributed by atoms with Crippen LogP contribution >= 0.6 is 0 Å². The molecular formula is C13H19N3O. The Bertz CT molecular complexity index is 443. The minimum atomic E-state index is 0.0812. The number of fused-ring (bicyclic) bond motifs is 1. The fraction of sp³-hybridized carbons (Fsp3) is 0.462. The van der Waals surface area contributed by atoms with Crippen LogP contribution in [0, 0.1) is 13.8 Å². The summed E-state index contributed by atoms with van der Waals surface area (Å²) in [6.45, 7) is 6.21. The fourth-order valence-electron chi connectivity index (χ4n) is 2.30. The summed E-state index contributed by atoms with van der Waals surface area (Å²) in [5.74, 6) is 0.0812. The molecule has 0 radical (unpaired) electrons. The zero-order valence-corrected chi connectivity index (χ0v) is 10.4. The van der Waals surface area contributed by atoms with Crippen LogP contribution in [0.1, 0.15) is 17.5 Å². The van der Waals surface area contributed by atoms with Crippen molar-refractivity contribution in [3.63, 3.8) is 0 Å². The number of aryl methyl sites for hydroxylation is 2. The van der Waals surface area contributed by atoms with Crippen molar-refractivity contribution in [2.75, 3.05) is 29.9 Å². The lowest BCUT2D eigenvalue weighted by molar-refractivity contribution is -0.115. The summed E-state index contributed by atoms with van der Waals surface area (Å²) in [5, 5.41) is 2.98. The quantitative estimate of drug-likeness (QED) is 0.812. The van der Waals surface area contributed by atoms with Gasteiger partial charge in [0.1, 0.15) is 0 Å². The molecule has 0 unspecified atom stereocenters. The maximum absolute atomic E-state index is 11.7. The third kappa shape index (κ3) is 2.42. The molecular weight excluding hydrogens is 214 g/mol. The Kier molecular flexibility index (Phi) is 3.33. The van der Waals surface area contributed by atoms with Gasteiger partial charge in [0.05, 0.1) is 11.4 Å². The highest BCUT2D eigenvalue weighted by Crippen LogP contribution is 2.32. The van der Waals surface area contributed by atoms with Crippen LogP contribution in [-0.4, -0.2) is 25.5 Å². The highest BCUT2D eigenvalue weighted by molar-refractivity contribution is 5.97. The lowest BCUT2D eigenvalue weighted by atomic mass is 10.1. The van der Waals surface area contributed by atoms with Crippen molar-refractivity contribution in [2.24, 2.45) is 5.73 Å². The second-order valence-electron chi connectivity index (χ2n) is 4.55. The molecule has 92 valence electrons. The van der Waals surface area contributed by atoms with E-state index in [0.717, 1.165) is 30.0 Å². The van der Waals surface area contributed by atoms with E-state index in [1.54, 1.807) is 0 Å². The Labute approximate surface area is 102 Å². The molecule has 1 amide bonds. The monoisotopic (exact) mass is 233 g/mol. The molecule has 0 saturated carbocycles. The first-order valence-electron chi connectivity index (χ1n) is 5.98. The normalized spacial score (nSPS) is 15.2. The van der Waals surface area contributed by atoms with Crippen LogP contribution in [0.25, 0.3) is 0 Å². The van der Waals surface area contributed by atoms with Crippen molar-refractivity contribution >= 4 is 17.3 Å². The van der Waals surface area contributed by atoms with E-state index in [0.29, 0.717) is 13.0 Å². The third-order valence-corrected chi connectivity index (χ3v) is 3.07. The van der Waals surface area contributed by atoms with Gasteiger partial charge in [-0.15, -0.1) is 0 Å². The summed E-state index contributed by atoms with van der Waals surface area (Å²) in [6, 6.07) is 4.20. The molecule has 1 aliphatic rings. The van der Waals surface area contributed by atoms with Gasteiger partial charge in [0.25, 0.3) is 0 Å². The number of amides is 1. The zero-order valence-electron chi connectivity index (χ0n) is 10.4. The summed E-state index contributed by atoms with van der Waals surface area (Å²) in [5.41, 5.74) is 9.98. The van der Waals surface area contributed by atoms with Crippen molar-refractivity contribution in [1.29, 1.82) is 0 Å². The van der Waals surface area contributed by atoms with Gasteiger partial charge < -0.3 is 16.0 Å². The summed E-state index contributed by atoms with van der Waals surface area (Å²) in [6.07, 6.45) is 0.521. The SMILES string of the molecule is Cc1cc(C)c2c(c1)N(CCN)CCC(=O)N2. The molecule has 0 atom stereocenters. The van der Waals surface area contributed by atoms with Crippen LogP contribution in [0.2, 0.25) is 0 Å². The molecule has 0 spiro atoms. The van der Waals surface area contributed by atoms with Crippen molar-refractivity contribution in [2.45, 2.75) is 20.3 Å². The third-order valence-electron chi connectivity index (χ3n) is 3.07. The number of hydrogen-bond acceptors (Lipinski definition) is 3. The molecule has 0 fully saturated rings. The van der Waals surface area contributed by atoms with Gasteiger partial charge in [-0.3, -0.25) is 4.79 Å². The first-order chi connectivity index (χ1) is 8.11. The van der Waals surface area contributed by atoms with Gasteiger partial charge in [0.2, 0.25) is 5.91 Å². The Balaban J connectivity index is 2.48. The predicted molar refractivity (Wildman–Crippen MR) is 70.4 cm³/mol. The van der Waals surface area contributed by atoms with E-state index in [-0.39, 0.29) is 5.91 Å². The Hall–Kier alpha value is -1.55. The van der Waals surface area contributed by atoms with Crippen molar-refractivity contribution in [1.82, 2.24) is 0 Å². The second-order valence-corrected chi connectivity index (χ2v) is 4.55. The molecule has 0 bridgehead atoms. The van der Waals surface area contributed by atoms with Crippen LogP contribution in [0.3, 0.4) is 0 Å². The number of nitrogens with two attached hydrogens (primary N) is 1. The first-order valence-corrected chi connectivity index (χ1v) is 5.98. The molecule has 1 heterocycles. The number of rotatable bonds is 2. The number of benzene rings is 1. The molecule has 1 aromatic rings. The van der Waals surface area contributed by atoms with Crippen LogP contribution < -0.4 is 16.0 Å². The molecule has 2 rings (SSSR count). The van der Waals surface area contributed by atoms with Gasteiger partial charge >= 0.3 is 0 Å². The summed E-state index contributed by atoms with van der Waals surface area (Å²) in [7, 11) is 0. The molecule has 1 aliphatic heterocycles. The van der Waals surface area contributed by atoms with E-state index >= 15 is 0 Å². The largest absolute Gasteiger partial charge is 0.368 e. The lowest BCUT2D eigenvalue weighted by Gasteiger charge is -2.24. The van der Waals surface area contributed by atoms with Gasteiger partial charge in [0, 0.05) is 26.1 Å². The number of nitrogens with one attached hydrogen (secondary N) is 1. The van der Waals surface area contributed by atoms with Crippen molar-refractivity contribution < 1.29 is 4.79 Å². The summed E-state index contributed by atoms with van der Waals surface area (Å²) in [4.78, 5) is 13.9. The van der Waals surface area contributed by atoms with Crippen LogP contribution in [0.4, 0.5) is 11.4 Å². The molecule has 4 nitrogen and oxygen atoms in total. The molecule has 3 N–H and O–H groups in total. The topological polar surface area (TPSA) is 58.4 Å². The summed E-state index contributed by atoms with van der Waals surface area (Å²) < 4.78 is 0. The Morgan fingerprint density at radius 2 is 2.18 bits per heavy atom. The minimum Gasteiger partial charge on any atom is -0.368 e. The van der Waals surface area contributed by atoms with Crippen LogP contribution in [0.5, 0.6) is 0 Å². The van der Waals surface area contributed by atoms with E-state index in [4.69, 9.17) is 5.73 Å². The number of carbonyl (C=O) groups is 1. The van der Waals surface area contributed by atoms with E-state index in [2.05, 4.69) is 29.3 Å². The van der Waals surface area contributed by atoms with E-state index in [9.17, 15) is 4.79 Å². The predicted octanol–water partition coefficient (Wildman–Crippen LogP) is 1.41. The van der Waals surface area contributed by atoms with Gasteiger partial charge in [-0.05, 0) is 31.0 Å². The average Bonchev–Trinajstić information content (AvgIpc) is 2.41. The number of anilines is 2. The number of nitrogens with zero attached hydrogens (tertiary/aromatic N) is 1. The molecule has 1 aromatic carbocycles. The molecule has 0 aromatic heterocycles. The highest BCUT2D eigenvalue weighted by Gasteiger charge is 2.20. The molecule has 0 saturated heterocycles. The van der Waals surface area contributed by atoms with Gasteiger partial charge in [-0.25, -0.2) is 0 Å². The molecule has 4 heteroatoms. The Morgan fingerprint density at radius 1 is 1.41 bits per heavy atom. The summed E-state index contributed by atoms with van der Waals surface area (Å²) >= 11 is 0. The van der Waals surface area contributed by atoms with Crippen LogP contribution in [0.15, 0.2) is 12.1 Å². The van der Waals surface area contributed by atoms with Crippen LogP contribution in [-0.2, 0) is 4.79 Å². The van der Waals surface area contributed by atoms with Crippen molar-refractivity contribution in [3.8, 4) is 0 Å². The maximum Gasteiger partial charge on any atom is 0.226 e. The highest BCUT2D eigenvalue weighted by atomic mass is 16.1. The fourth-order valence-corrected chi connectivity index (χ4v) is 2.30. The number of hydrogen-bond donors (Lipinski definition) is 2. The average molecular weight is 233 g/mol. The molecule has 17 heavy (non-hydrogen) atoms. The maximum atomic E-state index is 11.7.